The molecule has 2 rings (SSSR count). The Hall–Kier alpha value is -1.83. The number of amides is 3. The van der Waals surface area contributed by atoms with Gasteiger partial charge in [0, 0.05) is 25.6 Å². The Balaban J connectivity index is 2.06. The van der Waals surface area contributed by atoms with E-state index in [9.17, 15) is 19.5 Å². The summed E-state index contributed by atoms with van der Waals surface area (Å²) in [7, 11) is 0. The van der Waals surface area contributed by atoms with Crippen molar-refractivity contribution >= 4 is 17.9 Å². The molecule has 2 aliphatic rings. The minimum atomic E-state index is -1.13. The summed E-state index contributed by atoms with van der Waals surface area (Å²) in [6.07, 6.45) is 0.175. The lowest BCUT2D eigenvalue weighted by Gasteiger charge is -2.35. The minimum absolute atomic E-state index is 0.000783. The van der Waals surface area contributed by atoms with Crippen molar-refractivity contribution in [2.45, 2.75) is 25.5 Å². The van der Waals surface area contributed by atoms with Gasteiger partial charge < -0.3 is 20.4 Å². The highest BCUT2D eigenvalue weighted by atomic mass is 16.4. The zero-order chi connectivity index (χ0) is 14.9. The van der Waals surface area contributed by atoms with Crippen LogP contribution in [0.5, 0.6) is 0 Å². The lowest BCUT2D eigenvalue weighted by Crippen LogP contribution is -2.61. The van der Waals surface area contributed by atoms with E-state index < -0.39 is 24.1 Å². The molecule has 0 radical (unpaired) electrons. The summed E-state index contributed by atoms with van der Waals surface area (Å²) in [5.41, 5.74) is 0. The van der Waals surface area contributed by atoms with Gasteiger partial charge in [-0.15, -0.1) is 0 Å². The average molecular weight is 285 g/mol. The molecule has 2 fully saturated rings. The third-order valence-electron chi connectivity index (χ3n) is 3.89. The van der Waals surface area contributed by atoms with Gasteiger partial charge in [0.25, 0.3) is 0 Å². The smallest absolute Gasteiger partial charge is 0.328 e. The van der Waals surface area contributed by atoms with Crippen LogP contribution in [0.2, 0.25) is 0 Å². The maximum Gasteiger partial charge on any atom is 0.328 e. The number of urea groups is 1. The molecule has 0 aromatic heterocycles. The van der Waals surface area contributed by atoms with Crippen molar-refractivity contribution < 1.29 is 24.6 Å². The monoisotopic (exact) mass is 285 g/mol. The van der Waals surface area contributed by atoms with Crippen LogP contribution in [0.25, 0.3) is 0 Å². The van der Waals surface area contributed by atoms with Crippen molar-refractivity contribution in [3.05, 3.63) is 0 Å². The second-order valence-corrected chi connectivity index (χ2v) is 5.30. The number of carboxylic acids is 1. The first-order chi connectivity index (χ1) is 9.40. The molecule has 2 heterocycles. The molecule has 0 aromatic rings. The molecule has 20 heavy (non-hydrogen) atoms. The van der Waals surface area contributed by atoms with Gasteiger partial charge in [0.05, 0.1) is 6.10 Å². The summed E-state index contributed by atoms with van der Waals surface area (Å²) in [6, 6.07) is -1.49. The number of aliphatic hydroxyl groups is 1. The van der Waals surface area contributed by atoms with Crippen LogP contribution in [-0.2, 0) is 9.59 Å². The Morgan fingerprint density at radius 3 is 2.70 bits per heavy atom. The van der Waals surface area contributed by atoms with Gasteiger partial charge in [0.1, 0.15) is 12.6 Å². The standard InChI is InChI=1S/C12H19N3O5/c1-7(16)8-2-3-14(5-8)12(20)15-6-10(17)13-4-9(15)11(18)19/h7-9,16H,2-6H2,1H3,(H,13,17)(H,18,19). The molecule has 3 amide bonds. The second-order valence-electron chi connectivity index (χ2n) is 5.30. The van der Waals surface area contributed by atoms with E-state index in [1.165, 1.54) is 4.90 Å². The van der Waals surface area contributed by atoms with Crippen LogP contribution in [0.4, 0.5) is 4.79 Å². The van der Waals surface area contributed by atoms with Crippen LogP contribution in [0.15, 0.2) is 0 Å². The van der Waals surface area contributed by atoms with E-state index in [1.807, 2.05) is 0 Å². The number of aliphatic hydroxyl groups excluding tert-OH is 1. The zero-order valence-electron chi connectivity index (χ0n) is 11.3. The number of nitrogens with zero attached hydrogens (tertiary/aromatic N) is 2. The van der Waals surface area contributed by atoms with E-state index in [4.69, 9.17) is 5.11 Å². The van der Waals surface area contributed by atoms with Crippen LogP contribution >= 0.6 is 0 Å². The molecule has 0 saturated carbocycles. The minimum Gasteiger partial charge on any atom is -0.480 e. The molecule has 3 atom stereocenters. The number of carbonyl (C=O) groups is 3. The quantitative estimate of drug-likeness (QED) is 0.584. The Morgan fingerprint density at radius 1 is 1.45 bits per heavy atom. The van der Waals surface area contributed by atoms with Gasteiger partial charge in [0.15, 0.2) is 0 Å². The molecular formula is C12H19N3O5. The van der Waals surface area contributed by atoms with Crippen molar-refractivity contribution in [2.75, 3.05) is 26.2 Å². The molecular weight excluding hydrogens is 266 g/mol. The van der Waals surface area contributed by atoms with E-state index in [1.54, 1.807) is 6.92 Å². The van der Waals surface area contributed by atoms with Gasteiger partial charge >= 0.3 is 12.0 Å². The third kappa shape index (κ3) is 2.84. The normalized spacial score (nSPS) is 28.2. The Labute approximate surface area is 116 Å². The maximum absolute atomic E-state index is 12.4. The molecule has 8 nitrogen and oxygen atoms in total. The highest BCUT2D eigenvalue weighted by molar-refractivity contribution is 5.90. The largest absolute Gasteiger partial charge is 0.480 e. The van der Waals surface area contributed by atoms with Gasteiger partial charge in [-0.2, -0.15) is 0 Å². The van der Waals surface area contributed by atoms with Crippen molar-refractivity contribution in [3.63, 3.8) is 0 Å². The summed E-state index contributed by atoms with van der Waals surface area (Å²) in [6.45, 7) is 2.21. The van der Waals surface area contributed by atoms with Gasteiger partial charge in [-0.25, -0.2) is 9.59 Å². The Bertz CT molecular complexity index is 425. The first kappa shape index (κ1) is 14.6. The summed E-state index contributed by atoms with van der Waals surface area (Å²) in [5, 5.41) is 21.1. The fourth-order valence-electron chi connectivity index (χ4n) is 2.60. The lowest BCUT2D eigenvalue weighted by molar-refractivity contribution is -0.144. The Morgan fingerprint density at radius 2 is 2.15 bits per heavy atom. The molecule has 112 valence electrons. The van der Waals surface area contributed by atoms with Crippen LogP contribution in [0.3, 0.4) is 0 Å². The number of hydrogen-bond donors (Lipinski definition) is 3. The maximum atomic E-state index is 12.4. The number of rotatable bonds is 2. The number of hydrogen-bond acceptors (Lipinski definition) is 4. The van der Waals surface area contributed by atoms with Gasteiger partial charge in [-0.3, -0.25) is 9.69 Å². The SMILES string of the molecule is CC(O)C1CCN(C(=O)N2CC(=O)NCC2C(=O)O)C1. The van der Waals surface area contributed by atoms with Gasteiger partial charge in [-0.05, 0) is 13.3 Å². The summed E-state index contributed by atoms with van der Waals surface area (Å²) in [4.78, 5) is 37.5. The zero-order valence-corrected chi connectivity index (χ0v) is 11.3. The molecule has 2 aliphatic heterocycles. The van der Waals surface area contributed by atoms with E-state index in [0.717, 1.165) is 4.90 Å². The molecule has 3 N–H and O–H groups in total. The molecule has 0 bridgehead atoms. The fraction of sp³-hybridized carbons (Fsp3) is 0.750. The Kier molecular flexibility index (Phi) is 4.12. The number of aliphatic carboxylic acids is 1. The fourth-order valence-corrected chi connectivity index (χ4v) is 2.60. The molecule has 3 unspecified atom stereocenters. The van der Waals surface area contributed by atoms with Crippen LogP contribution < -0.4 is 5.32 Å². The van der Waals surface area contributed by atoms with Crippen molar-refractivity contribution in [1.29, 1.82) is 0 Å². The summed E-state index contributed by atoms with van der Waals surface area (Å²) in [5.74, 6) is -1.49. The molecule has 2 saturated heterocycles. The average Bonchev–Trinajstić information content (AvgIpc) is 2.87. The number of piperazine rings is 1. The lowest BCUT2D eigenvalue weighted by atomic mass is 10.0. The predicted molar refractivity (Wildman–Crippen MR) is 67.9 cm³/mol. The van der Waals surface area contributed by atoms with Crippen LogP contribution in [-0.4, -0.2) is 76.2 Å². The first-order valence-corrected chi connectivity index (χ1v) is 6.63. The third-order valence-corrected chi connectivity index (χ3v) is 3.89. The molecule has 0 spiro atoms. The van der Waals surface area contributed by atoms with E-state index >= 15 is 0 Å². The predicted octanol–water partition coefficient (Wildman–Crippen LogP) is -1.31. The van der Waals surface area contributed by atoms with Crippen LogP contribution in [0, 0.1) is 5.92 Å². The van der Waals surface area contributed by atoms with E-state index in [-0.39, 0.29) is 24.9 Å². The number of nitrogens with one attached hydrogen (secondary N) is 1. The van der Waals surface area contributed by atoms with Gasteiger partial charge in [-0.1, -0.05) is 0 Å². The number of carbonyl (C=O) groups excluding carboxylic acids is 2. The number of likely N-dealkylation sites (tertiary alicyclic amines) is 1. The molecule has 0 aliphatic carbocycles. The molecule has 8 heteroatoms. The van der Waals surface area contributed by atoms with Crippen molar-refractivity contribution in [3.8, 4) is 0 Å². The highest BCUT2D eigenvalue weighted by Gasteiger charge is 2.39. The van der Waals surface area contributed by atoms with Crippen LogP contribution in [0.1, 0.15) is 13.3 Å². The number of carboxylic acid groups (broad SMARTS) is 1. The van der Waals surface area contributed by atoms with E-state index in [2.05, 4.69) is 5.32 Å². The van der Waals surface area contributed by atoms with Crippen molar-refractivity contribution in [1.82, 2.24) is 15.1 Å². The summed E-state index contributed by atoms with van der Waals surface area (Å²) >= 11 is 0. The molecule has 0 aromatic carbocycles. The topological polar surface area (TPSA) is 110 Å². The first-order valence-electron chi connectivity index (χ1n) is 6.63. The summed E-state index contributed by atoms with van der Waals surface area (Å²) < 4.78 is 0. The van der Waals surface area contributed by atoms with E-state index in [0.29, 0.717) is 19.5 Å². The highest BCUT2D eigenvalue weighted by Crippen LogP contribution is 2.22. The van der Waals surface area contributed by atoms with Crippen molar-refractivity contribution in [2.24, 2.45) is 5.92 Å². The second kappa shape index (κ2) is 5.66. The van der Waals surface area contributed by atoms with Gasteiger partial charge in [0.2, 0.25) is 5.91 Å².